The minimum atomic E-state index is -0.290. The summed E-state index contributed by atoms with van der Waals surface area (Å²) in [5, 5.41) is 5.75. The number of aryl methyl sites for hydroxylation is 1. The van der Waals surface area contributed by atoms with Gasteiger partial charge < -0.3 is 20.0 Å². The summed E-state index contributed by atoms with van der Waals surface area (Å²) in [6.45, 7) is 4.53. The van der Waals surface area contributed by atoms with Gasteiger partial charge in [-0.25, -0.2) is 4.98 Å². The topological polar surface area (TPSA) is 85.8 Å². The van der Waals surface area contributed by atoms with Gasteiger partial charge in [0, 0.05) is 43.2 Å². The molecule has 0 bridgehead atoms. The molecule has 1 aromatic heterocycles. The molecule has 0 unspecified atom stereocenters. The average Bonchev–Trinajstić information content (AvgIpc) is 3.67. The number of rotatable bonds is 8. The van der Waals surface area contributed by atoms with Crippen molar-refractivity contribution in [1.29, 1.82) is 0 Å². The SMILES string of the molecule is Cc1ccccc1C(=O)N(CC(=O)Nc1nc(CC(=O)N2CCN(c3ccccc3Cl)CC2)cs1)C1CC1. The van der Waals surface area contributed by atoms with E-state index in [2.05, 4.69) is 15.2 Å². The van der Waals surface area contributed by atoms with Crippen molar-refractivity contribution in [1.82, 2.24) is 14.8 Å². The van der Waals surface area contributed by atoms with Gasteiger partial charge in [-0.1, -0.05) is 41.9 Å². The molecule has 1 aliphatic carbocycles. The van der Waals surface area contributed by atoms with E-state index in [1.165, 1.54) is 11.3 Å². The number of nitrogens with zero attached hydrogens (tertiary/aromatic N) is 4. The van der Waals surface area contributed by atoms with Gasteiger partial charge in [-0.3, -0.25) is 14.4 Å². The van der Waals surface area contributed by atoms with Crippen molar-refractivity contribution in [3.8, 4) is 0 Å². The Morgan fingerprint density at radius 2 is 1.76 bits per heavy atom. The van der Waals surface area contributed by atoms with Gasteiger partial charge in [0.15, 0.2) is 5.13 Å². The van der Waals surface area contributed by atoms with Crippen molar-refractivity contribution in [3.05, 3.63) is 75.8 Å². The van der Waals surface area contributed by atoms with Gasteiger partial charge in [0.2, 0.25) is 11.8 Å². The molecular weight excluding hydrogens is 522 g/mol. The van der Waals surface area contributed by atoms with Gasteiger partial charge in [-0.2, -0.15) is 0 Å². The molecule has 0 atom stereocenters. The molecule has 38 heavy (non-hydrogen) atoms. The van der Waals surface area contributed by atoms with Gasteiger partial charge in [-0.15, -0.1) is 11.3 Å². The van der Waals surface area contributed by atoms with E-state index >= 15 is 0 Å². The molecule has 198 valence electrons. The molecule has 5 rings (SSSR count). The zero-order chi connectivity index (χ0) is 26.6. The van der Waals surface area contributed by atoms with Gasteiger partial charge >= 0.3 is 0 Å². The Kier molecular flexibility index (Phi) is 7.95. The lowest BCUT2D eigenvalue weighted by atomic mass is 10.1. The summed E-state index contributed by atoms with van der Waals surface area (Å²) in [6, 6.07) is 15.3. The van der Waals surface area contributed by atoms with Crippen LogP contribution < -0.4 is 10.2 Å². The second-order valence-corrected chi connectivity index (χ2v) is 10.9. The number of nitrogens with one attached hydrogen (secondary N) is 1. The van der Waals surface area contributed by atoms with Crippen molar-refractivity contribution < 1.29 is 14.4 Å². The van der Waals surface area contributed by atoms with E-state index in [1.54, 1.807) is 16.3 Å². The first-order valence-corrected chi connectivity index (χ1v) is 14.0. The summed E-state index contributed by atoms with van der Waals surface area (Å²) >= 11 is 7.60. The van der Waals surface area contributed by atoms with Crippen molar-refractivity contribution in [3.63, 3.8) is 0 Å². The van der Waals surface area contributed by atoms with E-state index in [-0.39, 0.29) is 36.7 Å². The number of para-hydroxylation sites is 1. The maximum Gasteiger partial charge on any atom is 0.254 e. The van der Waals surface area contributed by atoms with Crippen LogP contribution in [0.4, 0.5) is 10.8 Å². The lowest BCUT2D eigenvalue weighted by Crippen LogP contribution is -2.49. The van der Waals surface area contributed by atoms with Gasteiger partial charge in [0.05, 0.1) is 22.8 Å². The number of hydrogen-bond acceptors (Lipinski definition) is 6. The van der Waals surface area contributed by atoms with Crippen molar-refractivity contribution in [2.75, 3.05) is 42.9 Å². The van der Waals surface area contributed by atoms with E-state index in [1.807, 2.05) is 54.3 Å². The number of thiazole rings is 1. The zero-order valence-corrected chi connectivity index (χ0v) is 22.8. The normalized spacial score (nSPS) is 15.3. The maximum absolute atomic E-state index is 13.1. The Bertz CT molecular complexity index is 1330. The number of anilines is 2. The number of carbonyl (C=O) groups excluding carboxylic acids is 3. The molecule has 1 saturated heterocycles. The number of piperazine rings is 1. The molecule has 0 radical (unpaired) electrons. The van der Waals surface area contributed by atoms with Gasteiger partial charge in [0.1, 0.15) is 6.54 Å². The fourth-order valence-corrected chi connectivity index (χ4v) is 5.63. The van der Waals surface area contributed by atoms with Crippen LogP contribution in [-0.4, -0.2) is 71.3 Å². The quantitative estimate of drug-likeness (QED) is 0.452. The zero-order valence-electron chi connectivity index (χ0n) is 21.2. The molecule has 2 aromatic carbocycles. The maximum atomic E-state index is 13.1. The molecule has 0 spiro atoms. The number of carbonyl (C=O) groups is 3. The standard InChI is InChI=1S/C28H30ClN5O3S/c1-19-6-2-3-7-22(19)27(37)34(21-10-11-21)17-25(35)31-28-30-20(18-38-28)16-26(36)33-14-12-32(13-15-33)24-9-5-4-8-23(24)29/h2-9,18,21H,10-17H2,1H3,(H,30,31,35). The molecule has 8 nitrogen and oxygen atoms in total. The molecule has 10 heteroatoms. The number of hydrogen-bond donors (Lipinski definition) is 1. The number of halogens is 1. The molecule has 1 saturated carbocycles. The van der Waals surface area contributed by atoms with E-state index in [4.69, 9.17) is 11.6 Å². The highest BCUT2D eigenvalue weighted by Crippen LogP contribution is 2.29. The van der Waals surface area contributed by atoms with Crippen LogP contribution in [0.3, 0.4) is 0 Å². The van der Waals surface area contributed by atoms with Gasteiger partial charge in [-0.05, 0) is 43.5 Å². The predicted molar refractivity (Wildman–Crippen MR) is 150 cm³/mol. The van der Waals surface area contributed by atoms with E-state index < -0.39 is 0 Å². The van der Waals surface area contributed by atoms with Crippen LogP contribution in [0.2, 0.25) is 5.02 Å². The van der Waals surface area contributed by atoms with Crippen LogP contribution in [-0.2, 0) is 16.0 Å². The first kappa shape index (κ1) is 26.2. The smallest absolute Gasteiger partial charge is 0.254 e. The summed E-state index contributed by atoms with van der Waals surface area (Å²) in [6.07, 6.45) is 1.99. The van der Waals surface area contributed by atoms with Crippen LogP contribution in [0.1, 0.15) is 34.5 Å². The summed E-state index contributed by atoms with van der Waals surface area (Å²) in [7, 11) is 0. The largest absolute Gasteiger partial charge is 0.367 e. The number of amides is 3. The van der Waals surface area contributed by atoms with Crippen LogP contribution in [0.15, 0.2) is 53.9 Å². The Morgan fingerprint density at radius 1 is 1.05 bits per heavy atom. The number of benzene rings is 2. The first-order chi connectivity index (χ1) is 18.4. The highest BCUT2D eigenvalue weighted by Gasteiger charge is 2.35. The fourth-order valence-electron chi connectivity index (χ4n) is 4.65. The van der Waals surface area contributed by atoms with Crippen molar-refractivity contribution in [2.45, 2.75) is 32.2 Å². The monoisotopic (exact) mass is 551 g/mol. The number of aromatic nitrogens is 1. The van der Waals surface area contributed by atoms with Crippen LogP contribution in [0, 0.1) is 6.92 Å². The fraction of sp³-hybridized carbons (Fsp3) is 0.357. The van der Waals surface area contributed by atoms with Crippen LogP contribution in [0.25, 0.3) is 0 Å². The lowest BCUT2D eigenvalue weighted by Gasteiger charge is -2.36. The Balaban J connectivity index is 1.12. The van der Waals surface area contributed by atoms with Crippen molar-refractivity contribution in [2.24, 2.45) is 0 Å². The Hall–Kier alpha value is -3.43. The second-order valence-electron chi connectivity index (χ2n) is 9.67. The predicted octanol–water partition coefficient (Wildman–Crippen LogP) is 4.24. The summed E-state index contributed by atoms with van der Waals surface area (Å²) in [5.74, 6) is -0.404. The third-order valence-corrected chi connectivity index (χ3v) is 8.02. The highest BCUT2D eigenvalue weighted by atomic mass is 35.5. The van der Waals surface area contributed by atoms with Crippen LogP contribution >= 0.6 is 22.9 Å². The van der Waals surface area contributed by atoms with E-state index in [0.29, 0.717) is 47.6 Å². The highest BCUT2D eigenvalue weighted by molar-refractivity contribution is 7.13. The molecular formula is C28H30ClN5O3S. The summed E-state index contributed by atoms with van der Waals surface area (Å²) in [5.41, 5.74) is 3.12. The van der Waals surface area contributed by atoms with E-state index in [9.17, 15) is 14.4 Å². The molecule has 1 aliphatic heterocycles. The van der Waals surface area contributed by atoms with Crippen molar-refractivity contribution >= 4 is 51.5 Å². The van der Waals surface area contributed by atoms with Crippen LogP contribution in [0.5, 0.6) is 0 Å². The third kappa shape index (κ3) is 6.16. The summed E-state index contributed by atoms with van der Waals surface area (Å²) < 4.78 is 0. The Labute approximate surface area is 231 Å². The Morgan fingerprint density at radius 3 is 2.47 bits per heavy atom. The first-order valence-electron chi connectivity index (χ1n) is 12.8. The van der Waals surface area contributed by atoms with Gasteiger partial charge in [0.25, 0.3) is 5.91 Å². The molecule has 1 N–H and O–H groups in total. The second kappa shape index (κ2) is 11.5. The average molecular weight is 552 g/mol. The molecule has 2 aliphatic rings. The molecule has 2 heterocycles. The minimum Gasteiger partial charge on any atom is -0.367 e. The third-order valence-electron chi connectivity index (χ3n) is 6.89. The summed E-state index contributed by atoms with van der Waals surface area (Å²) in [4.78, 5) is 48.9. The lowest BCUT2D eigenvalue weighted by molar-refractivity contribution is -0.130. The van der Waals surface area contributed by atoms with E-state index in [0.717, 1.165) is 24.1 Å². The molecule has 2 fully saturated rings. The molecule has 3 amide bonds. The minimum absolute atomic E-state index is 0.00993. The molecule has 3 aromatic rings.